The van der Waals surface area contributed by atoms with E-state index >= 15 is 0 Å². The maximum atomic E-state index is 14.1. The van der Waals surface area contributed by atoms with Crippen molar-refractivity contribution in [2.45, 2.75) is 4.90 Å². The van der Waals surface area contributed by atoms with E-state index in [4.69, 9.17) is 16.3 Å². The number of hydrogen-bond acceptors (Lipinski definition) is 6. The van der Waals surface area contributed by atoms with Gasteiger partial charge in [0, 0.05) is 37.9 Å². The van der Waals surface area contributed by atoms with Crippen molar-refractivity contribution in [2.75, 3.05) is 49.5 Å². The van der Waals surface area contributed by atoms with Crippen LogP contribution in [0.2, 0.25) is 5.02 Å². The van der Waals surface area contributed by atoms with Crippen LogP contribution in [0, 0.1) is 5.82 Å². The quantitative estimate of drug-likeness (QED) is 0.305. The lowest BCUT2D eigenvalue weighted by molar-refractivity contribution is 0.0751. The molecule has 0 spiro atoms. The van der Waals surface area contributed by atoms with Gasteiger partial charge in [-0.1, -0.05) is 23.7 Å². The van der Waals surface area contributed by atoms with Crippen LogP contribution >= 0.6 is 22.9 Å². The van der Waals surface area contributed by atoms with Crippen molar-refractivity contribution in [3.63, 3.8) is 0 Å². The number of methoxy groups -OCH3 is 1. The summed E-state index contributed by atoms with van der Waals surface area (Å²) in [7, 11) is -0.941. The van der Waals surface area contributed by atoms with Crippen LogP contribution in [0.5, 0.6) is 5.75 Å². The Bertz CT molecular complexity index is 1620. The van der Waals surface area contributed by atoms with Gasteiger partial charge in [0.25, 0.3) is 15.9 Å². The highest BCUT2D eigenvalue weighted by Crippen LogP contribution is 2.33. The number of fused-ring (bicyclic) bond motifs is 1. The summed E-state index contributed by atoms with van der Waals surface area (Å²) in [5, 5.41) is 0.976. The van der Waals surface area contributed by atoms with Gasteiger partial charge in [0.05, 0.1) is 33.3 Å². The van der Waals surface area contributed by atoms with Crippen LogP contribution in [0.1, 0.15) is 9.67 Å². The number of anilines is 2. The summed E-state index contributed by atoms with van der Waals surface area (Å²) in [5.41, 5.74) is 1.00. The number of thiophene rings is 1. The molecule has 0 N–H and O–H groups in total. The van der Waals surface area contributed by atoms with Gasteiger partial charge in [-0.2, -0.15) is 0 Å². The molecule has 38 heavy (non-hydrogen) atoms. The van der Waals surface area contributed by atoms with Gasteiger partial charge in [-0.3, -0.25) is 9.10 Å². The second-order valence-corrected chi connectivity index (χ2v) is 12.3. The lowest BCUT2D eigenvalue weighted by atomic mass is 10.2. The van der Waals surface area contributed by atoms with Crippen molar-refractivity contribution in [3.8, 4) is 5.75 Å². The van der Waals surface area contributed by atoms with Crippen LogP contribution < -0.4 is 13.9 Å². The Morgan fingerprint density at radius 3 is 2.45 bits per heavy atom. The fourth-order valence-electron chi connectivity index (χ4n) is 4.45. The summed E-state index contributed by atoms with van der Waals surface area (Å²) in [6, 6.07) is 18.0. The van der Waals surface area contributed by atoms with Gasteiger partial charge in [-0.25, -0.2) is 12.8 Å². The summed E-state index contributed by atoms with van der Waals surface area (Å²) in [6.45, 7) is 2.05. The molecule has 2 heterocycles. The molecule has 0 aliphatic carbocycles. The van der Waals surface area contributed by atoms with Crippen molar-refractivity contribution < 1.29 is 22.3 Å². The molecular formula is C27H25ClFN3O4S2. The molecule has 198 valence electrons. The minimum atomic E-state index is -3.88. The van der Waals surface area contributed by atoms with Crippen LogP contribution in [0.15, 0.2) is 71.6 Å². The molecule has 0 bridgehead atoms. The Kier molecular flexibility index (Phi) is 7.21. The Labute approximate surface area is 229 Å². The number of piperazine rings is 1. The monoisotopic (exact) mass is 573 g/mol. The lowest BCUT2D eigenvalue weighted by Crippen LogP contribution is -2.48. The van der Waals surface area contributed by atoms with Crippen LogP contribution in [-0.2, 0) is 10.0 Å². The van der Waals surface area contributed by atoms with Crippen molar-refractivity contribution in [1.29, 1.82) is 0 Å². The van der Waals surface area contributed by atoms with Gasteiger partial charge in [0.1, 0.15) is 11.6 Å². The number of ether oxygens (including phenoxy) is 1. The Morgan fingerprint density at radius 1 is 1.03 bits per heavy atom. The highest BCUT2D eigenvalue weighted by molar-refractivity contribution is 7.92. The number of benzene rings is 3. The van der Waals surface area contributed by atoms with E-state index in [-0.39, 0.29) is 21.6 Å². The Hall–Kier alpha value is -3.34. The molecule has 0 radical (unpaired) electrons. The molecule has 1 aliphatic rings. The van der Waals surface area contributed by atoms with Crippen LogP contribution in [0.4, 0.5) is 15.8 Å². The molecule has 1 saturated heterocycles. The number of nitrogens with zero attached hydrogens (tertiary/aromatic N) is 3. The molecule has 1 aromatic heterocycles. The number of carbonyl (C=O) groups is 1. The van der Waals surface area contributed by atoms with E-state index in [9.17, 15) is 17.6 Å². The predicted octanol–water partition coefficient (Wildman–Crippen LogP) is 5.49. The van der Waals surface area contributed by atoms with E-state index in [1.807, 2.05) is 11.0 Å². The molecule has 1 aliphatic heterocycles. The molecule has 0 atom stereocenters. The number of amides is 1. The fourth-order valence-corrected chi connectivity index (χ4v) is 7.00. The zero-order valence-corrected chi connectivity index (χ0v) is 23.1. The fraction of sp³-hybridized carbons (Fsp3) is 0.222. The Balaban J connectivity index is 1.32. The second-order valence-electron chi connectivity index (χ2n) is 8.83. The third kappa shape index (κ3) is 4.91. The summed E-state index contributed by atoms with van der Waals surface area (Å²) >= 11 is 7.51. The van der Waals surface area contributed by atoms with Gasteiger partial charge >= 0.3 is 0 Å². The van der Waals surface area contributed by atoms with Gasteiger partial charge in [-0.05, 0) is 60.0 Å². The summed E-state index contributed by atoms with van der Waals surface area (Å²) in [5.74, 6) is 0.0308. The molecule has 4 aromatic rings. The first kappa shape index (κ1) is 26.3. The van der Waals surface area contributed by atoms with Crippen LogP contribution in [0.25, 0.3) is 10.1 Å². The van der Waals surface area contributed by atoms with E-state index in [1.165, 1.54) is 54.1 Å². The van der Waals surface area contributed by atoms with Crippen molar-refractivity contribution in [3.05, 3.63) is 82.4 Å². The molecule has 7 nitrogen and oxygen atoms in total. The summed E-state index contributed by atoms with van der Waals surface area (Å²) < 4.78 is 47.8. The van der Waals surface area contributed by atoms with E-state index in [0.29, 0.717) is 48.2 Å². The number of sulfonamides is 1. The molecule has 11 heteroatoms. The Morgan fingerprint density at radius 2 is 1.76 bits per heavy atom. The molecule has 1 fully saturated rings. The van der Waals surface area contributed by atoms with Crippen LogP contribution in [0.3, 0.4) is 0 Å². The smallest absolute Gasteiger partial charge is 0.264 e. The number of carbonyl (C=O) groups excluding carboxylic acids is 1. The van der Waals surface area contributed by atoms with Gasteiger partial charge < -0.3 is 14.5 Å². The largest absolute Gasteiger partial charge is 0.495 e. The first-order valence-electron chi connectivity index (χ1n) is 11.8. The second kappa shape index (κ2) is 10.4. The average Bonchev–Trinajstić information content (AvgIpc) is 3.36. The van der Waals surface area contributed by atoms with E-state index in [1.54, 1.807) is 41.3 Å². The summed E-state index contributed by atoms with van der Waals surface area (Å²) in [6.07, 6.45) is 0. The summed E-state index contributed by atoms with van der Waals surface area (Å²) in [4.78, 5) is 17.6. The molecule has 5 rings (SSSR count). The number of halogens is 2. The SMILES string of the molecule is COc1ccc(S(=O)(=O)N(C)c2ccc3sc(C(=O)N4CCN(c5ccccc5F)CC4)cc3c2)cc1Cl. The maximum absolute atomic E-state index is 14.1. The number of hydrogen-bond donors (Lipinski definition) is 0. The van der Waals surface area contributed by atoms with Gasteiger partial charge in [0.15, 0.2) is 0 Å². The molecule has 3 aromatic carbocycles. The average molecular weight is 574 g/mol. The molecule has 0 saturated carbocycles. The van der Waals surface area contributed by atoms with Crippen molar-refractivity contribution in [2.24, 2.45) is 0 Å². The standard InChI is InChI=1S/C27H25ClFN3O4S2/c1-30(38(34,35)20-8-9-24(36-2)21(28)17-20)19-7-10-25-18(15-19)16-26(37-25)27(33)32-13-11-31(12-14-32)23-6-4-3-5-22(23)29/h3-10,15-17H,11-14H2,1-2H3. The number of para-hydroxylation sites is 1. The van der Waals surface area contributed by atoms with E-state index in [2.05, 4.69) is 0 Å². The highest BCUT2D eigenvalue weighted by Gasteiger charge is 2.26. The molecule has 0 unspecified atom stereocenters. The first-order valence-corrected chi connectivity index (χ1v) is 14.5. The highest BCUT2D eigenvalue weighted by atomic mass is 35.5. The van der Waals surface area contributed by atoms with Gasteiger partial charge in [0.2, 0.25) is 0 Å². The minimum Gasteiger partial charge on any atom is -0.495 e. The minimum absolute atomic E-state index is 0.0432. The zero-order chi connectivity index (χ0) is 27.0. The van der Waals surface area contributed by atoms with Crippen LogP contribution in [-0.4, -0.2) is 59.6 Å². The molecular weight excluding hydrogens is 549 g/mol. The first-order chi connectivity index (χ1) is 18.2. The zero-order valence-electron chi connectivity index (χ0n) is 20.7. The lowest BCUT2D eigenvalue weighted by Gasteiger charge is -2.36. The van der Waals surface area contributed by atoms with E-state index < -0.39 is 10.0 Å². The number of rotatable bonds is 6. The maximum Gasteiger partial charge on any atom is 0.264 e. The van der Waals surface area contributed by atoms with E-state index in [0.717, 1.165) is 10.1 Å². The molecule has 1 amide bonds. The topological polar surface area (TPSA) is 70.2 Å². The normalized spacial score (nSPS) is 14.1. The van der Waals surface area contributed by atoms with Crippen molar-refractivity contribution in [1.82, 2.24) is 4.90 Å². The third-order valence-electron chi connectivity index (χ3n) is 6.62. The van der Waals surface area contributed by atoms with Gasteiger partial charge in [-0.15, -0.1) is 11.3 Å². The van der Waals surface area contributed by atoms with Crippen molar-refractivity contribution >= 4 is 60.3 Å². The predicted molar refractivity (Wildman–Crippen MR) is 150 cm³/mol. The third-order valence-corrected chi connectivity index (χ3v) is 9.80.